The van der Waals surface area contributed by atoms with Gasteiger partial charge in [-0.1, -0.05) is 29.8 Å². The SMILES string of the molecule is CN(Cc1ccccc1Cl)c1ncc(C(=O)O)cn1. The number of hydrogen-bond acceptors (Lipinski definition) is 4. The standard InChI is InChI=1S/C13H12ClN3O2/c1-17(8-9-4-2-3-5-11(9)14)13-15-6-10(7-16-13)12(18)19/h2-7H,8H2,1H3,(H,18,19). The highest BCUT2D eigenvalue weighted by molar-refractivity contribution is 6.31. The van der Waals surface area contributed by atoms with Crippen molar-refractivity contribution in [3.63, 3.8) is 0 Å². The van der Waals surface area contributed by atoms with Gasteiger partial charge in [-0.3, -0.25) is 0 Å². The zero-order valence-electron chi connectivity index (χ0n) is 10.2. The van der Waals surface area contributed by atoms with Crippen molar-refractivity contribution < 1.29 is 9.90 Å². The summed E-state index contributed by atoms with van der Waals surface area (Å²) in [5.74, 6) is -0.592. The fourth-order valence-electron chi connectivity index (χ4n) is 1.58. The van der Waals surface area contributed by atoms with Gasteiger partial charge in [0.1, 0.15) is 0 Å². The molecule has 0 bridgehead atoms. The molecule has 0 spiro atoms. The van der Waals surface area contributed by atoms with Crippen LogP contribution in [0.2, 0.25) is 5.02 Å². The molecule has 0 aliphatic rings. The fraction of sp³-hybridized carbons (Fsp3) is 0.154. The lowest BCUT2D eigenvalue weighted by Gasteiger charge is -2.17. The number of nitrogens with zero attached hydrogens (tertiary/aromatic N) is 3. The lowest BCUT2D eigenvalue weighted by molar-refractivity contribution is 0.0696. The van der Waals surface area contributed by atoms with E-state index in [0.29, 0.717) is 17.5 Å². The third-order valence-electron chi connectivity index (χ3n) is 2.59. The summed E-state index contributed by atoms with van der Waals surface area (Å²) in [7, 11) is 1.82. The molecular weight excluding hydrogens is 266 g/mol. The van der Waals surface area contributed by atoms with Gasteiger partial charge in [0, 0.05) is 31.0 Å². The number of carboxylic acids is 1. The molecule has 0 aliphatic heterocycles. The molecule has 0 unspecified atom stereocenters. The van der Waals surface area contributed by atoms with Gasteiger partial charge in [0.25, 0.3) is 0 Å². The Kier molecular flexibility index (Phi) is 3.97. The molecule has 0 aliphatic carbocycles. The summed E-state index contributed by atoms with van der Waals surface area (Å²) in [6.45, 7) is 0.548. The number of hydrogen-bond donors (Lipinski definition) is 1. The average Bonchev–Trinajstić information content (AvgIpc) is 2.41. The van der Waals surface area contributed by atoms with Crippen LogP contribution < -0.4 is 4.90 Å². The van der Waals surface area contributed by atoms with E-state index >= 15 is 0 Å². The largest absolute Gasteiger partial charge is 0.478 e. The van der Waals surface area contributed by atoms with Crippen molar-refractivity contribution >= 4 is 23.5 Å². The number of carbonyl (C=O) groups is 1. The Hall–Kier alpha value is -2.14. The first kappa shape index (κ1) is 13.3. The van der Waals surface area contributed by atoms with Crippen LogP contribution >= 0.6 is 11.6 Å². The summed E-state index contributed by atoms with van der Waals surface area (Å²) >= 11 is 6.08. The van der Waals surface area contributed by atoms with Crippen molar-refractivity contribution in [2.45, 2.75) is 6.54 Å². The Balaban J connectivity index is 2.14. The quantitative estimate of drug-likeness (QED) is 0.930. The molecule has 2 aromatic rings. The van der Waals surface area contributed by atoms with Gasteiger partial charge in [-0.15, -0.1) is 0 Å². The zero-order chi connectivity index (χ0) is 13.8. The van der Waals surface area contributed by atoms with Crippen LogP contribution in [0.3, 0.4) is 0 Å². The summed E-state index contributed by atoms with van der Waals surface area (Å²) in [6.07, 6.45) is 2.57. The second-order valence-corrected chi connectivity index (χ2v) is 4.43. The van der Waals surface area contributed by atoms with E-state index in [4.69, 9.17) is 16.7 Å². The minimum absolute atomic E-state index is 0.0647. The van der Waals surface area contributed by atoms with Crippen LogP contribution in [-0.2, 0) is 6.54 Å². The molecule has 1 aromatic carbocycles. The van der Waals surface area contributed by atoms with E-state index in [-0.39, 0.29) is 5.56 Å². The second-order valence-electron chi connectivity index (χ2n) is 4.02. The minimum Gasteiger partial charge on any atom is -0.478 e. The summed E-state index contributed by atoms with van der Waals surface area (Å²) in [6, 6.07) is 7.51. The maximum Gasteiger partial charge on any atom is 0.338 e. The molecule has 1 aromatic heterocycles. The number of aromatic carboxylic acids is 1. The van der Waals surface area contributed by atoms with Gasteiger partial charge in [-0.25, -0.2) is 14.8 Å². The highest BCUT2D eigenvalue weighted by Gasteiger charge is 2.09. The lowest BCUT2D eigenvalue weighted by atomic mass is 10.2. The molecule has 0 saturated heterocycles. The molecule has 1 N–H and O–H groups in total. The average molecular weight is 278 g/mol. The molecule has 5 nitrogen and oxygen atoms in total. The van der Waals surface area contributed by atoms with Gasteiger partial charge in [0.15, 0.2) is 0 Å². The molecule has 6 heteroatoms. The monoisotopic (exact) mass is 277 g/mol. The van der Waals surface area contributed by atoms with E-state index in [2.05, 4.69) is 9.97 Å². The Morgan fingerprint density at radius 3 is 2.53 bits per heavy atom. The molecule has 19 heavy (non-hydrogen) atoms. The van der Waals surface area contributed by atoms with E-state index < -0.39 is 5.97 Å². The van der Waals surface area contributed by atoms with Crippen LogP contribution in [0.4, 0.5) is 5.95 Å². The number of halogens is 1. The molecule has 98 valence electrons. The van der Waals surface area contributed by atoms with Crippen LogP contribution in [0.15, 0.2) is 36.7 Å². The summed E-state index contributed by atoms with van der Waals surface area (Å²) in [4.78, 5) is 20.5. The second kappa shape index (κ2) is 5.67. The van der Waals surface area contributed by atoms with Crippen molar-refractivity contribution in [1.29, 1.82) is 0 Å². The van der Waals surface area contributed by atoms with Gasteiger partial charge in [-0.2, -0.15) is 0 Å². The van der Waals surface area contributed by atoms with Gasteiger partial charge < -0.3 is 10.0 Å². The Bertz CT molecular complexity index is 587. The molecule has 0 fully saturated rings. The highest BCUT2D eigenvalue weighted by Crippen LogP contribution is 2.18. The van der Waals surface area contributed by atoms with Crippen molar-refractivity contribution in [2.24, 2.45) is 0 Å². The van der Waals surface area contributed by atoms with E-state index in [1.807, 2.05) is 31.3 Å². The number of aromatic nitrogens is 2. The van der Waals surface area contributed by atoms with Gasteiger partial charge in [-0.05, 0) is 11.6 Å². The Morgan fingerprint density at radius 1 is 1.32 bits per heavy atom. The molecule has 2 rings (SSSR count). The third-order valence-corrected chi connectivity index (χ3v) is 2.96. The number of benzene rings is 1. The van der Waals surface area contributed by atoms with Crippen LogP contribution in [0.25, 0.3) is 0 Å². The lowest BCUT2D eigenvalue weighted by Crippen LogP contribution is -2.19. The first-order valence-electron chi connectivity index (χ1n) is 5.58. The fourth-order valence-corrected chi connectivity index (χ4v) is 1.78. The Labute approximate surface area is 115 Å². The maximum atomic E-state index is 10.7. The smallest absolute Gasteiger partial charge is 0.338 e. The topological polar surface area (TPSA) is 66.3 Å². The van der Waals surface area contributed by atoms with Crippen molar-refractivity contribution in [2.75, 3.05) is 11.9 Å². The predicted molar refractivity (Wildman–Crippen MR) is 72.6 cm³/mol. The van der Waals surface area contributed by atoms with Crippen LogP contribution in [0.5, 0.6) is 0 Å². The highest BCUT2D eigenvalue weighted by atomic mass is 35.5. The number of rotatable bonds is 4. The predicted octanol–water partition coefficient (Wildman–Crippen LogP) is 2.46. The summed E-state index contributed by atoms with van der Waals surface area (Å²) in [5, 5.41) is 9.45. The van der Waals surface area contributed by atoms with Crippen molar-refractivity contribution in [3.8, 4) is 0 Å². The van der Waals surface area contributed by atoms with Crippen molar-refractivity contribution in [1.82, 2.24) is 9.97 Å². The molecule has 0 atom stereocenters. The van der Waals surface area contributed by atoms with Gasteiger partial charge in [0.2, 0.25) is 5.95 Å². The number of carboxylic acid groups (broad SMARTS) is 1. The summed E-state index contributed by atoms with van der Waals surface area (Å²) < 4.78 is 0. The molecule has 0 saturated carbocycles. The first-order chi connectivity index (χ1) is 9.08. The first-order valence-corrected chi connectivity index (χ1v) is 5.95. The Morgan fingerprint density at radius 2 is 1.95 bits per heavy atom. The van der Waals surface area contributed by atoms with E-state index in [1.54, 1.807) is 4.90 Å². The molecule has 0 amide bonds. The van der Waals surface area contributed by atoms with Gasteiger partial charge in [0.05, 0.1) is 5.56 Å². The third kappa shape index (κ3) is 3.20. The van der Waals surface area contributed by atoms with E-state index in [9.17, 15) is 4.79 Å². The minimum atomic E-state index is -1.04. The molecular formula is C13H12ClN3O2. The molecule has 1 heterocycles. The van der Waals surface area contributed by atoms with E-state index in [1.165, 1.54) is 12.4 Å². The van der Waals surface area contributed by atoms with E-state index in [0.717, 1.165) is 5.56 Å². The maximum absolute atomic E-state index is 10.7. The van der Waals surface area contributed by atoms with Crippen LogP contribution in [0.1, 0.15) is 15.9 Å². The normalized spacial score (nSPS) is 10.2. The summed E-state index contributed by atoms with van der Waals surface area (Å²) in [5.41, 5.74) is 1.02. The molecule has 0 radical (unpaired) electrons. The van der Waals surface area contributed by atoms with Gasteiger partial charge >= 0.3 is 5.97 Å². The number of anilines is 1. The van der Waals surface area contributed by atoms with Crippen LogP contribution in [-0.4, -0.2) is 28.1 Å². The van der Waals surface area contributed by atoms with Crippen LogP contribution in [0, 0.1) is 0 Å². The van der Waals surface area contributed by atoms with Crippen molar-refractivity contribution in [3.05, 3.63) is 52.8 Å². The zero-order valence-corrected chi connectivity index (χ0v) is 11.0.